The molecule has 9 nitrogen and oxygen atoms in total. The molecular weight excluding hydrogens is 502 g/mol. The number of carbonyl (C=O) groups is 3. The maximum absolute atomic E-state index is 13.0. The predicted octanol–water partition coefficient (Wildman–Crippen LogP) is 4.14. The largest absolute Gasteiger partial charge is 0.462 e. The van der Waals surface area contributed by atoms with Crippen LogP contribution in [0.5, 0.6) is 0 Å². The Morgan fingerprint density at radius 3 is 2.19 bits per heavy atom. The van der Waals surface area contributed by atoms with E-state index in [1.54, 1.807) is 18.7 Å². The third-order valence-electron chi connectivity index (χ3n) is 6.17. The minimum Gasteiger partial charge on any atom is -0.462 e. The Labute approximate surface area is 216 Å². The number of nitrogens with zero attached hydrogens (tertiary/aromatic N) is 2. The van der Waals surface area contributed by atoms with Crippen molar-refractivity contribution in [2.45, 2.75) is 51.9 Å². The Morgan fingerprint density at radius 1 is 1.03 bits per heavy atom. The number of sulfonamides is 1. The number of anilines is 1. The van der Waals surface area contributed by atoms with Crippen LogP contribution in [0.2, 0.25) is 0 Å². The van der Waals surface area contributed by atoms with Crippen LogP contribution in [-0.4, -0.2) is 68.2 Å². The van der Waals surface area contributed by atoms with Crippen LogP contribution in [0.3, 0.4) is 0 Å². The van der Waals surface area contributed by atoms with Crippen molar-refractivity contribution < 1.29 is 27.5 Å². The van der Waals surface area contributed by atoms with Gasteiger partial charge in [-0.3, -0.25) is 9.59 Å². The van der Waals surface area contributed by atoms with E-state index < -0.39 is 21.9 Å². The van der Waals surface area contributed by atoms with E-state index in [-0.39, 0.29) is 33.5 Å². The Balaban J connectivity index is 1.88. The first-order valence-electron chi connectivity index (χ1n) is 12.2. The molecule has 1 fully saturated rings. The molecule has 0 saturated carbocycles. The molecule has 1 saturated heterocycles. The van der Waals surface area contributed by atoms with E-state index >= 15 is 0 Å². The number of nitrogens with one attached hydrogen (secondary N) is 1. The molecule has 1 aliphatic rings. The summed E-state index contributed by atoms with van der Waals surface area (Å²) in [7, 11) is -3.61. The highest BCUT2D eigenvalue weighted by molar-refractivity contribution is 7.89. The van der Waals surface area contributed by atoms with Crippen molar-refractivity contribution >= 4 is 44.1 Å². The lowest BCUT2D eigenvalue weighted by molar-refractivity contribution is 0.0527. The number of hydrogen-bond acceptors (Lipinski definition) is 7. The van der Waals surface area contributed by atoms with Crippen molar-refractivity contribution in [1.29, 1.82) is 0 Å². The zero-order valence-corrected chi connectivity index (χ0v) is 22.8. The van der Waals surface area contributed by atoms with Gasteiger partial charge in [0, 0.05) is 31.7 Å². The Kier molecular flexibility index (Phi) is 9.26. The van der Waals surface area contributed by atoms with E-state index in [1.165, 1.54) is 28.6 Å². The first kappa shape index (κ1) is 27.8. The molecule has 36 heavy (non-hydrogen) atoms. The molecule has 2 aromatic rings. The highest BCUT2D eigenvalue weighted by Gasteiger charge is 2.29. The molecular formula is C25H33N3O6S2. The van der Waals surface area contributed by atoms with Gasteiger partial charge in [0.1, 0.15) is 5.00 Å². The molecule has 1 aliphatic heterocycles. The second-order valence-corrected chi connectivity index (χ2v) is 11.4. The average molecular weight is 536 g/mol. The van der Waals surface area contributed by atoms with Gasteiger partial charge >= 0.3 is 5.97 Å². The van der Waals surface area contributed by atoms with Crippen molar-refractivity contribution in [3.63, 3.8) is 0 Å². The monoisotopic (exact) mass is 535 g/mol. The minimum absolute atomic E-state index is 0.132. The Bertz CT molecular complexity index is 1210. The fourth-order valence-corrected chi connectivity index (χ4v) is 6.79. The van der Waals surface area contributed by atoms with Gasteiger partial charge in [0.25, 0.3) is 11.8 Å². The van der Waals surface area contributed by atoms with Crippen LogP contribution in [0.25, 0.3) is 0 Å². The normalized spacial score (nSPS) is 14.3. The number of piperidine rings is 1. The van der Waals surface area contributed by atoms with E-state index in [2.05, 4.69) is 5.32 Å². The fraction of sp³-hybridized carbons (Fsp3) is 0.480. The fourth-order valence-electron chi connectivity index (χ4n) is 4.12. The van der Waals surface area contributed by atoms with Crippen molar-refractivity contribution in [1.82, 2.24) is 9.21 Å². The number of ether oxygens (including phenoxy) is 1. The second kappa shape index (κ2) is 12.0. The standard InChI is InChI=1S/C25H33N3O6S2/c1-5-27(6-2)24(30)21-17(4)20(25(31)34-7-3)23(35-21)26-22(29)18-11-13-19(14-12-18)36(32,33)28-15-9-8-10-16-28/h11-14H,5-10,15-16H2,1-4H3,(H,26,29). The summed E-state index contributed by atoms with van der Waals surface area (Å²) in [5.41, 5.74) is 0.828. The van der Waals surface area contributed by atoms with Gasteiger partial charge < -0.3 is 15.0 Å². The van der Waals surface area contributed by atoms with Crippen LogP contribution < -0.4 is 5.32 Å². The van der Waals surface area contributed by atoms with Gasteiger partial charge in [0.05, 0.1) is 21.9 Å². The van der Waals surface area contributed by atoms with Gasteiger partial charge in [-0.05, 0) is 70.4 Å². The highest BCUT2D eigenvalue weighted by atomic mass is 32.2. The number of rotatable bonds is 9. The summed E-state index contributed by atoms with van der Waals surface area (Å²) >= 11 is 1.03. The van der Waals surface area contributed by atoms with Gasteiger partial charge in [-0.25, -0.2) is 13.2 Å². The molecule has 1 N–H and O–H groups in total. The number of amides is 2. The zero-order chi connectivity index (χ0) is 26.5. The number of hydrogen-bond donors (Lipinski definition) is 1. The number of thiophene rings is 1. The van der Waals surface area contributed by atoms with Gasteiger partial charge in [0.15, 0.2) is 0 Å². The van der Waals surface area contributed by atoms with Crippen LogP contribution in [0.4, 0.5) is 5.00 Å². The summed E-state index contributed by atoms with van der Waals surface area (Å²) in [5.74, 6) is -1.37. The van der Waals surface area contributed by atoms with Crippen molar-refractivity contribution in [2.75, 3.05) is 38.1 Å². The second-order valence-electron chi connectivity index (χ2n) is 8.40. The van der Waals surface area contributed by atoms with Gasteiger partial charge in [-0.1, -0.05) is 6.42 Å². The molecule has 0 unspecified atom stereocenters. The first-order valence-corrected chi connectivity index (χ1v) is 14.4. The van der Waals surface area contributed by atoms with Crippen molar-refractivity contribution in [2.24, 2.45) is 0 Å². The topological polar surface area (TPSA) is 113 Å². The zero-order valence-electron chi connectivity index (χ0n) is 21.1. The molecule has 0 radical (unpaired) electrons. The third-order valence-corrected chi connectivity index (χ3v) is 9.28. The maximum atomic E-state index is 13.0. The van der Waals surface area contributed by atoms with Gasteiger partial charge in [0.2, 0.25) is 10.0 Å². The summed E-state index contributed by atoms with van der Waals surface area (Å²) in [6.07, 6.45) is 2.69. The first-order chi connectivity index (χ1) is 17.1. The predicted molar refractivity (Wildman–Crippen MR) is 139 cm³/mol. The summed E-state index contributed by atoms with van der Waals surface area (Å²) in [6.45, 7) is 9.23. The maximum Gasteiger partial charge on any atom is 0.341 e. The molecule has 0 bridgehead atoms. The van der Waals surface area contributed by atoms with E-state index in [1.807, 2.05) is 13.8 Å². The van der Waals surface area contributed by atoms with Crippen molar-refractivity contribution in [3.05, 3.63) is 45.8 Å². The lowest BCUT2D eigenvalue weighted by Gasteiger charge is -2.25. The quantitative estimate of drug-likeness (QED) is 0.483. The third kappa shape index (κ3) is 5.79. The van der Waals surface area contributed by atoms with Crippen LogP contribution in [-0.2, 0) is 14.8 Å². The average Bonchev–Trinajstić information content (AvgIpc) is 3.20. The van der Waals surface area contributed by atoms with Crippen LogP contribution >= 0.6 is 11.3 Å². The molecule has 2 heterocycles. The van der Waals surface area contributed by atoms with Crippen LogP contribution in [0.15, 0.2) is 29.2 Å². The highest BCUT2D eigenvalue weighted by Crippen LogP contribution is 2.35. The summed E-state index contributed by atoms with van der Waals surface area (Å²) in [4.78, 5) is 40.9. The number of esters is 1. The minimum atomic E-state index is -3.61. The Hall–Kier alpha value is -2.76. The number of benzene rings is 1. The van der Waals surface area contributed by atoms with E-state index in [0.29, 0.717) is 36.6 Å². The van der Waals surface area contributed by atoms with E-state index in [4.69, 9.17) is 4.74 Å². The summed E-state index contributed by atoms with van der Waals surface area (Å²) < 4.78 is 32.4. The summed E-state index contributed by atoms with van der Waals surface area (Å²) in [6, 6.07) is 5.72. The van der Waals surface area contributed by atoms with E-state index in [0.717, 1.165) is 30.6 Å². The Morgan fingerprint density at radius 2 is 1.64 bits per heavy atom. The SMILES string of the molecule is CCOC(=O)c1c(NC(=O)c2ccc(S(=O)(=O)N3CCCCC3)cc2)sc(C(=O)N(CC)CC)c1C. The molecule has 196 valence electrons. The van der Waals surface area contributed by atoms with Gasteiger partial charge in [-0.2, -0.15) is 4.31 Å². The van der Waals surface area contributed by atoms with Gasteiger partial charge in [-0.15, -0.1) is 11.3 Å². The molecule has 1 aromatic heterocycles. The summed E-state index contributed by atoms with van der Waals surface area (Å²) in [5, 5.41) is 2.95. The van der Waals surface area contributed by atoms with Crippen molar-refractivity contribution in [3.8, 4) is 0 Å². The number of carbonyl (C=O) groups excluding carboxylic acids is 3. The lowest BCUT2D eigenvalue weighted by atomic mass is 10.1. The van der Waals surface area contributed by atoms with E-state index in [9.17, 15) is 22.8 Å². The van der Waals surface area contributed by atoms with Crippen LogP contribution in [0, 0.1) is 6.92 Å². The lowest BCUT2D eigenvalue weighted by Crippen LogP contribution is -2.35. The molecule has 1 aromatic carbocycles. The molecule has 3 rings (SSSR count). The molecule has 11 heteroatoms. The smallest absolute Gasteiger partial charge is 0.341 e. The molecule has 0 aliphatic carbocycles. The molecule has 0 spiro atoms. The molecule has 0 atom stereocenters. The molecule has 2 amide bonds. The van der Waals surface area contributed by atoms with Crippen LogP contribution in [0.1, 0.15) is 76.0 Å².